The first-order chi connectivity index (χ1) is 9.81. The number of nitrogens with one attached hydrogen (secondary N) is 1. The third-order valence-electron chi connectivity index (χ3n) is 4.19. The topological polar surface area (TPSA) is 50.9 Å². The molecule has 4 heteroatoms. The van der Waals surface area contributed by atoms with Gasteiger partial charge in [0.15, 0.2) is 0 Å². The Balaban J connectivity index is 1.36. The molecule has 1 amide bonds. The van der Waals surface area contributed by atoms with Crippen LogP contribution in [-0.2, 0) is 16.1 Å². The Kier molecular flexibility index (Phi) is 4.21. The Labute approximate surface area is 119 Å². The fraction of sp³-hybridized carbons (Fsp3) is 0.562. The quantitative estimate of drug-likeness (QED) is 0.860. The highest BCUT2D eigenvalue weighted by molar-refractivity contribution is 5.67. The van der Waals surface area contributed by atoms with Crippen molar-refractivity contribution >= 4 is 6.09 Å². The Morgan fingerprint density at radius 3 is 2.55 bits per heavy atom. The van der Waals surface area contributed by atoms with Crippen molar-refractivity contribution in [2.75, 3.05) is 6.61 Å². The predicted octanol–water partition coefficient (Wildman–Crippen LogP) is 2.87. The molecule has 108 valence electrons. The van der Waals surface area contributed by atoms with Gasteiger partial charge in [0.25, 0.3) is 0 Å². The van der Waals surface area contributed by atoms with Gasteiger partial charge in [0, 0.05) is 6.04 Å². The van der Waals surface area contributed by atoms with Crippen LogP contribution in [0.2, 0.25) is 0 Å². The van der Waals surface area contributed by atoms with Crippen LogP contribution in [0.4, 0.5) is 4.79 Å². The Hall–Kier alpha value is -1.55. The maximum atomic E-state index is 11.8. The molecule has 1 aliphatic heterocycles. The van der Waals surface area contributed by atoms with Gasteiger partial charge in [-0.1, -0.05) is 30.3 Å². The van der Waals surface area contributed by atoms with Gasteiger partial charge in [-0.3, -0.25) is 0 Å². The van der Waals surface area contributed by atoms with Crippen molar-refractivity contribution in [3.8, 4) is 0 Å². The second-order valence-electron chi connectivity index (χ2n) is 5.69. The van der Waals surface area contributed by atoms with E-state index in [1.165, 1.54) is 0 Å². The van der Waals surface area contributed by atoms with Crippen LogP contribution in [0, 0.1) is 5.92 Å². The number of carbonyl (C=O) groups excluding carboxylic acids is 1. The molecule has 1 aliphatic carbocycles. The van der Waals surface area contributed by atoms with Gasteiger partial charge in [0.2, 0.25) is 0 Å². The highest BCUT2D eigenvalue weighted by Crippen LogP contribution is 2.33. The molecule has 0 spiro atoms. The number of amides is 1. The average Bonchev–Trinajstić information content (AvgIpc) is 3.32. The highest BCUT2D eigenvalue weighted by Gasteiger charge is 2.35. The van der Waals surface area contributed by atoms with E-state index >= 15 is 0 Å². The van der Waals surface area contributed by atoms with Gasteiger partial charge < -0.3 is 14.8 Å². The summed E-state index contributed by atoms with van der Waals surface area (Å²) in [5.74, 6) is 0.702. The van der Waals surface area contributed by atoms with Crippen molar-refractivity contribution in [2.24, 2.45) is 5.92 Å². The zero-order valence-electron chi connectivity index (χ0n) is 11.6. The van der Waals surface area contributed by atoms with Crippen molar-refractivity contribution in [1.82, 2.24) is 5.32 Å². The van der Waals surface area contributed by atoms with Crippen molar-refractivity contribution in [3.63, 3.8) is 0 Å². The number of ether oxygens (including phenoxy) is 2. The van der Waals surface area contributed by atoms with Crippen LogP contribution in [-0.4, -0.2) is 24.8 Å². The lowest BCUT2D eigenvalue weighted by Crippen LogP contribution is -2.38. The molecule has 1 atom stereocenters. The number of benzene rings is 1. The number of hydrogen-bond acceptors (Lipinski definition) is 3. The normalized spacial score (nSPS) is 28.7. The largest absolute Gasteiger partial charge is 0.445 e. The highest BCUT2D eigenvalue weighted by atomic mass is 16.6. The molecule has 0 bridgehead atoms. The lowest BCUT2D eigenvalue weighted by Gasteiger charge is -2.27. The second kappa shape index (κ2) is 6.27. The smallest absolute Gasteiger partial charge is 0.407 e. The first-order valence-corrected chi connectivity index (χ1v) is 7.40. The summed E-state index contributed by atoms with van der Waals surface area (Å²) < 4.78 is 10.6. The van der Waals surface area contributed by atoms with E-state index in [-0.39, 0.29) is 12.1 Å². The SMILES string of the molecule is O=C(N[C@H]1CC[C@H](C2CO2)CC1)OCc1ccccc1. The molecule has 1 heterocycles. The Morgan fingerprint density at radius 1 is 1.20 bits per heavy atom. The summed E-state index contributed by atoms with van der Waals surface area (Å²) >= 11 is 0. The zero-order chi connectivity index (χ0) is 13.8. The van der Waals surface area contributed by atoms with E-state index in [9.17, 15) is 4.79 Å². The molecule has 1 saturated carbocycles. The molecule has 2 fully saturated rings. The van der Waals surface area contributed by atoms with E-state index in [0.717, 1.165) is 37.9 Å². The fourth-order valence-electron chi connectivity index (χ4n) is 2.89. The minimum atomic E-state index is -0.306. The molecule has 0 radical (unpaired) electrons. The van der Waals surface area contributed by atoms with Crippen LogP contribution in [0.3, 0.4) is 0 Å². The van der Waals surface area contributed by atoms with E-state index in [4.69, 9.17) is 9.47 Å². The first kappa shape index (κ1) is 13.4. The van der Waals surface area contributed by atoms with E-state index in [0.29, 0.717) is 18.6 Å². The molecule has 1 aromatic rings. The van der Waals surface area contributed by atoms with Crippen LogP contribution >= 0.6 is 0 Å². The Morgan fingerprint density at radius 2 is 1.90 bits per heavy atom. The van der Waals surface area contributed by atoms with E-state index in [1.807, 2.05) is 30.3 Å². The van der Waals surface area contributed by atoms with Gasteiger partial charge in [0.1, 0.15) is 6.61 Å². The summed E-state index contributed by atoms with van der Waals surface area (Å²) in [5, 5.41) is 2.97. The second-order valence-corrected chi connectivity index (χ2v) is 5.69. The summed E-state index contributed by atoms with van der Waals surface area (Å²) in [6.07, 6.45) is 4.55. The van der Waals surface area contributed by atoms with E-state index < -0.39 is 0 Å². The van der Waals surface area contributed by atoms with Gasteiger partial charge >= 0.3 is 6.09 Å². The summed E-state index contributed by atoms with van der Waals surface area (Å²) in [6, 6.07) is 10.00. The molecule has 2 aliphatic rings. The van der Waals surface area contributed by atoms with Crippen molar-refractivity contribution in [2.45, 2.75) is 44.4 Å². The lowest BCUT2D eigenvalue weighted by atomic mass is 9.84. The number of hydrogen-bond donors (Lipinski definition) is 1. The average molecular weight is 275 g/mol. The number of rotatable bonds is 4. The minimum Gasteiger partial charge on any atom is -0.445 e. The van der Waals surface area contributed by atoms with Gasteiger partial charge in [-0.25, -0.2) is 4.79 Å². The maximum absolute atomic E-state index is 11.8. The molecular weight excluding hydrogens is 254 g/mol. The number of alkyl carbamates (subject to hydrolysis) is 1. The van der Waals surface area contributed by atoms with Gasteiger partial charge in [-0.15, -0.1) is 0 Å². The summed E-state index contributed by atoms with van der Waals surface area (Å²) in [6.45, 7) is 1.26. The summed E-state index contributed by atoms with van der Waals surface area (Å²) in [4.78, 5) is 11.8. The molecule has 1 aromatic carbocycles. The molecule has 3 rings (SSSR count). The van der Waals surface area contributed by atoms with Gasteiger partial charge in [-0.2, -0.15) is 0 Å². The van der Waals surface area contributed by atoms with Crippen LogP contribution in [0.1, 0.15) is 31.2 Å². The molecule has 1 saturated heterocycles. The predicted molar refractivity (Wildman–Crippen MR) is 75.2 cm³/mol. The van der Waals surface area contributed by atoms with Crippen LogP contribution in [0.15, 0.2) is 30.3 Å². The molecule has 0 aromatic heterocycles. The van der Waals surface area contributed by atoms with Crippen LogP contribution in [0.25, 0.3) is 0 Å². The Bertz CT molecular complexity index is 436. The number of epoxide rings is 1. The maximum Gasteiger partial charge on any atom is 0.407 e. The van der Waals surface area contributed by atoms with Crippen molar-refractivity contribution < 1.29 is 14.3 Å². The monoisotopic (exact) mass is 275 g/mol. The molecule has 4 nitrogen and oxygen atoms in total. The lowest BCUT2D eigenvalue weighted by molar-refractivity contribution is 0.130. The first-order valence-electron chi connectivity index (χ1n) is 7.40. The van der Waals surface area contributed by atoms with Gasteiger partial charge in [0.05, 0.1) is 12.7 Å². The zero-order valence-corrected chi connectivity index (χ0v) is 11.6. The van der Waals surface area contributed by atoms with Crippen molar-refractivity contribution in [1.29, 1.82) is 0 Å². The van der Waals surface area contributed by atoms with E-state index in [2.05, 4.69) is 5.32 Å². The third-order valence-corrected chi connectivity index (χ3v) is 4.19. The third kappa shape index (κ3) is 3.73. The molecule has 1 N–H and O–H groups in total. The van der Waals surface area contributed by atoms with Gasteiger partial charge in [-0.05, 0) is 37.2 Å². The number of carbonyl (C=O) groups is 1. The van der Waals surface area contributed by atoms with E-state index in [1.54, 1.807) is 0 Å². The van der Waals surface area contributed by atoms with Crippen LogP contribution in [0.5, 0.6) is 0 Å². The summed E-state index contributed by atoms with van der Waals surface area (Å²) in [7, 11) is 0. The van der Waals surface area contributed by atoms with Crippen molar-refractivity contribution in [3.05, 3.63) is 35.9 Å². The minimum absolute atomic E-state index is 0.258. The molecular formula is C16H21NO3. The standard InChI is InChI=1S/C16H21NO3/c18-16(20-10-12-4-2-1-3-5-12)17-14-8-6-13(7-9-14)15-11-19-15/h1-5,13-15H,6-11H2,(H,17,18)/t13-,14-,15?. The van der Waals surface area contributed by atoms with Crippen LogP contribution < -0.4 is 5.32 Å². The fourth-order valence-corrected chi connectivity index (χ4v) is 2.89. The molecule has 1 unspecified atom stereocenters. The summed E-state index contributed by atoms with van der Waals surface area (Å²) in [5.41, 5.74) is 1.01. The molecule has 20 heavy (non-hydrogen) atoms.